The Labute approximate surface area is 302 Å². The first kappa shape index (κ1) is 46.9. The fraction of sp³-hybridized carbons (Fsp3) is 0.833. The van der Waals surface area contributed by atoms with E-state index in [4.69, 9.17) is 14.2 Å². The summed E-state index contributed by atoms with van der Waals surface area (Å²) in [6.45, 7) is 6.09. The Hall–Kier alpha value is -2.15. The van der Waals surface area contributed by atoms with Gasteiger partial charge < -0.3 is 19.1 Å². The van der Waals surface area contributed by atoms with E-state index in [0.29, 0.717) is 32.5 Å². The number of rotatable bonds is 36. The van der Waals surface area contributed by atoms with Gasteiger partial charge in [-0.15, -0.1) is 0 Å². The van der Waals surface area contributed by atoms with Crippen LogP contribution >= 0.6 is 0 Å². The highest BCUT2D eigenvalue weighted by molar-refractivity contribution is 5.70. The second-order valence-corrected chi connectivity index (χ2v) is 14.0. The Bertz CT molecular complexity index is 824. The van der Waals surface area contributed by atoms with E-state index < -0.39 is 0 Å². The number of carbonyl (C=O) groups is 3. The molecule has 286 valence electrons. The molecular weight excluding hydrogens is 614 g/mol. The van der Waals surface area contributed by atoms with Gasteiger partial charge in [-0.25, -0.2) is 0 Å². The highest BCUT2D eigenvalue weighted by atomic mass is 16.5. The highest BCUT2D eigenvalue weighted by Crippen LogP contribution is 2.18. The van der Waals surface area contributed by atoms with Gasteiger partial charge in [0.25, 0.3) is 0 Å². The Morgan fingerprint density at radius 3 is 1.35 bits per heavy atom. The topological polar surface area (TPSA) is 82.1 Å². The molecule has 0 aromatic rings. The third-order valence-corrected chi connectivity index (χ3v) is 8.81. The Balaban J connectivity index is 4.09. The van der Waals surface area contributed by atoms with Crippen LogP contribution < -0.4 is 0 Å². The van der Waals surface area contributed by atoms with Crippen LogP contribution in [0.5, 0.6) is 0 Å². The van der Waals surface area contributed by atoms with E-state index in [-0.39, 0.29) is 24.0 Å². The minimum Gasteiger partial charge on any atom is -0.462 e. The van der Waals surface area contributed by atoms with Gasteiger partial charge >= 0.3 is 17.9 Å². The predicted octanol–water partition coefficient (Wildman–Crippen LogP) is 11.2. The van der Waals surface area contributed by atoms with Crippen molar-refractivity contribution in [1.82, 2.24) is 4.90 Å². The van der Waals surface area contributed by atoms with Gasteiger partial charge in [0, 0.05) is 19.3 Å². The first-order valence-corrected chi connectivity index (χ1v) is 20.3. The number of nitrogens with zero attached hydrogens (tertiary/aromatic N) is 1. The standard InChI is InChI=1S/C42H77NO6/c1-5-7-9-11-15-22-28-37-47-40(44)33-26-20-14-13-18-24-31-39(49-42(46)35-30-36-43(3)4)32-25-19-17-21-27-34-41(45)48-38-29-23-16-12-10-8-6-2/h22-23,28-29,39H,5-21,24-27,30-38H2,1-4H3/b28-22-,29-23-. The first-order chi connectivity index (χ1) is 23.9. The van der Waals surface area contributed by atoms with Crippen molar-refractivity contribution in [2.24, 2.45) is 0 Å². The molecule has 0 aliphatic heterocycles. The van der Waals surface area contributed by atoms with Crippen molar-refractivity contribution in [1.29, 1.82) is 0 Å². The van der Waals surface area contributed by atoms with Crippen LogP contribution in [0.4, 0.5) is 0 Å². The molecular formula is C42H77NO6. The molecule has 0 spiro atoms. The molecule has 0 saturated heterocycles. The molecule has 0 aliphatic rings. The summed E-state index contributed by atoms with van der Waals surface area (Å²) >= 11 is 0. The van der Waals surface area contributed by atoms with Gasteiger partial charge in [-0.3, -0.25) is 14.4 Å². The Morgan fingerprint density at radius 1 is 0.490 bits per heavy atom. The van der Waals surface area contributed by atoms with Crippen molar-refractivity contribution in [3.05, 3.63) is 24.3 Å². The van der Waals surface area contributed by atoms with E-state index in [9.17, 15) is 14.4 Å². The molecule has 0 aromatic heterocycles. The van der Waals surface area contributed by atoms with E-state index in [1.165, 1.54) is 51.4 Å². The summed E-state index contributed by atoms with van der Waals surface area (Å²) in [4.78, 5) is 38.6. The maximum absolute atomic E-state index is 12.5. The third kappa shape index (κ3) is 36.9. The maximum atomic E-state index is 12.5. The van der Waals surface area contributed by atoms with Crippen molar-refractivity contribution in [3.8, 4) is 0 Å². The van der Waals surface area contributed by atoms with E-state index >= 15 is 0 Å². The van der Waals surface area contributed by atoms with Crippen LogP contribution in [-0.4, -0.2) is 62.8 Å². The number of hydrogen-bond acceptors (Lipinski definition) is 7. The molecule has 0 amide bonds. The SMILES string of the molecule is CCCCCC/C=C\COC(=O)CCCCCCCCC(CCCCCCCC(=O)OC/C=C\CCCCCC)OC(=O)CCCN(C)C. The van der Waals surface area contributed by atoms with E-state index in [0.717, 1.165) is 109 Å². The van der Waals surface area contributed by atoms with E-state index in [2.05, 4.69) is 30.9 Å². The lowest BCUT2D eigenvalue weighted by Crippen LogP contribution is -2.20. The molecule has 0 rings (SSSR count). The summed E-state index contributed by atoms with van der Waals surface area (Å²) in [7, 11) is 4.04. The fourth-order valence-corrected chi connectivity index (χ4v) is 5.74. The zero-order chi connectivity index (χ0) is 36.0. The van der Waals surface area contributed by atoms with E-state index in [1.54, 1.807) is 0 Å². The highest BCUT2D eigenvalue weighted by Gasteiger charge is 2.14. The van der Waals surface area contributed by atoms with Crippen LogP contribution in [0, 0.1) is 0 Å². The van der Waals surface area contributed by atoms with Crippen LogP contribution in [0.3, 0.4) is 0 Å². The normalized spacial score (nSPS) is 12.3. The summed E-state index contributed by atoms with van der Waals surface area (Å²) in [5, 5.41) is 0. The molecule has 0 aliphatic carbocycles. The zero-order valence-corrected chi connectivity index (χ0v) is 32.5. The van der Waals surface area contributed by atoms with Crippen LogP contribution in [0.15, 0.2) is 24.3 Å². The minimum atomic E-state index is -0.105. The van der Waals surface area contributed by atoms with Crippen molar-refractivity contribution in [3.63, 3.8) is 0 Å². The summed E-state index contributed by atoms with van der Waals surface area (Å²) < 4.78 is 16.6. The molecule has 0 heterocycles. The molecule has 1 unspecified atom stereocenters. The van der Waals surface area contributed by atoms with Crippen LogP contribution in [-0.2, 0) is 28.6 Å². The molecule has 7 nitrogen and oxygen atoms in total. The van der Waals surface area contributed by atoms with Crippen molar-refractivity contribution < 1.29 is 28.6 Å². The number of esters is 3. The second kappa shape index (κ2) is 37.1. The van der Waals surface area contributed by atoms with Crippen LogP contribution in [0.1, 0.15) is 187 Å². The average molecular weight is 692 g/mol. The molecule has 0 bridgehead atoms. The van der Waals surface area contributed by atoms with Crippen LogP contribution in [0.2, 0.25) is 0 Å². The number of unbranched alkanes of at least 4 members (excludes halogenated alkanes) is 17. The van der Waals surface area contributed by atoms with Gasteiger partial charge in [-0.05, 0) is 91.3 Å². The Kier molecular flexibility index (Phi) is 35.5. The fourth-order valence-electron chi connectivity index (χ4n) is 5.74. The second-order valence-electron chi connectivity index (χ2n) is 14.0. The summed E-state index contributed by atoms with van der Waals surface area (Å²) in [5.74, 6) is -0.280. The van der Waals surface area contributed by atoms with Crippen molar-refractivity contribution >= 4 is 17.9 Å². The quantitative estimate of drug-likeness (QED) is 0.0280. The minimum absolute atomic E-state index is 0.0123. The monoisotopic (exact) mass is 692 g/mol. The lowest BCUT2D eigenvalue weighted by molar-refractivity contribution is -0.150. The number of carbonyl (C=O) groups excluding carboxylic acids is 3. The van der Waals surface area contributed by atoms with Crippen molar-refractivity contribution in [2.45, 2.75) is 193 Å². The largest absolute Gasteiger partial charge is 0.462 e. The summed E-state index contributed by atoms with van der Waals surface area (Å²) in [6.07, 6.45) is 35.8. The summed E-state index contributed by atoms with van der Waals surface area (Å²) in [5.41, 5.74) is 0. The molecule has 0 N–H and O–H groups in total. The zero-order valence-electron chi connectivity index (χ0n) is 32.5. The number of ether oxygens (including phenoxy) is 3. The maximum Gasteiger partial charge on any atom is 0.306 e. The third-order valence-electron chi connectivity index (χ3n) is 8.81. The molecule has 1 atom stereocenters. The van der Waals surface area contributed by atoms with E-state index in [1.807, 2.05) is 26.2 Å². The molecule has 0 aromatic carbocycles. The first-order valence-electron chi connectivity index (χ1n) is 20.3. The van der Waals surface area contributed by atoms with Gasteiger partial charge in [-0.1, -0.05) is 122 Å². The van der Waals surface area contributed by atoms with Gasteiger partial charge in [0.2, 0.25) is 0 Å². The lowest BCUT2D eigenvalue weighted by atomic mass is 10.0. The van der Waals surface area contributed by atoms with Gasteiger partial charge in [0.1, 0.15) is 19.3 Å². The molecule has 0 radical (unpaired) electrons. The Morgan fingerprint density at radius 2 is 0.898 bits per heavy atom. The summed E-state index contributed by atoms with van der Waals surface area (Å²) in [6, 6.07) is 0. The molecule has 7 heteroatoms. The molecule has 49 heavy (non-hydrogen) atoms. The van der Waals surface area contributed by atoms with Crippen LogP contribution in [0.25, 0.3) is 0 Å². The molecule has 0 fully saturated rings. The van der Waals surface area contributed by atoms with Crippen molar-refractivity contribution in [2.75, 3.05) is 33.9 Å². The average Bonchev–Trinajstić information content (AvgIpc) is 3.07. The number of hydrogen-bond donors (Lipinski definition) is 0. The lowest BCUT2D eigenvalue weighted by Gasteiger charge is -2.18. The molecule has 0 saturated carbocycles. The number of allylic oxidation sites excluding steroid dienone is 2. The predicted molar refractivity (Wildman–Crippen MR) is 205 cm³/mol. The van der Waals surface area contributed by atoms with Gasteiger partial charge in [0.05, 0.1) is 0 Å². The van der Waals surface area contributed by atoms with Gasteiger partial charge in [0.15, 0.2) is 0 Å². The smallest absolute Gasteiger partial charge is 0.306 e. The van der Waals surface area contributed by atoms with Gasteiger partial charge in [-0.2, -0.15) is 0 Å².